The monoisotopic (exact) mass is 809 g/mol. The maximum Gasteiger partial charge on any atom is 0.180 e. The van der Waals surface area contributed by atoms with Crippen molar-refractivity contribution in [2.75, 3.05) is 0 Å². The van der Waals surface area contributed by atoms with Crippen LogP contribution in [0.1, 0.15) is 56.9 Å². The lowest BCUT2D eigenvalue weighted by atomic mass is 9.66. The SMILES string of the molecule is CC(C)(C)c1ccc(-c2ccc3c(c2)C(C)(C)c2cc4cc(-c5ccccc5C#N)cc5ccc6c([Si](c7ccccc7)(c7ccccc7)c7ccccc7)cc-3c2c6c54)cc1. The highest BCUT2D eigenvalue weighted by molar-refractivity contribution is 7.20. The van der Waals surface area contributed by atoms with Gasteiger partial charge in [0.25, 0.3) is 0 Å². The highest BCUT2D eigenvalue weighted by Gasteiger charge is 2.45. The summed E-state index contributed by atoms with van der Waals surface area (Å²) in [6, 6.07) is 75.4. The lowest BCUT2D eigenvalue weighted by molar-refractivity contribution is 0.590. The van der Waals surface area contributed by atoms with Gasteiger partial charge in [-0.2, -0.15) is 5.26 Å². The molecule has 10 aromatic rings. The second kappa shape index (κ2) is 14.0. The van der Waals surface area contributed by atoms with Gasteiger partial charge in [-0.25, -0.2) is 0 Å². The minimum absolute atomic E-state index is 0.0874. The average Bonchev–Trinajstić information content (AvgIpc) is 3.31. The summed E-state index contributed by atoms with van der Waals surface area (Å²) in [6.45, 7) is 11.7. The van der Waals surface area contributed by atoms with Crippen LogP contribution in [0.2, 0.25) is 0 Å². The zero-order valence-corrected chi connectivity index (χ0v) is 36.9. The van der Waals surface area contributed by atoms with Crippen molar-refractivity contribution in [3.63, 3.8) is 0 Å². The summed E-state index contributed by atoms with van der Waals surface area (Å²) in [4.78, 5) is 0. The second-order valence-corrected chi connectivity index (χ2v) is 22.5. The minimum atomic E-state index is -2.99. The van der Waals surface area contributed by atoms with Crippen molar-refractivity contribution < 1.29 is 0 Å². The molecular formula is C60H47NSi. The van der Waals surface area contributed by atoms with Crippen molar-refractivity contribution in [1.29, 1.82) is 5.26 Å². The number of nitrogens with zero attached hydrogens (tertiary/aromatic N) is 1. The van der Waals surface area contributed by atoms with Gasteiger partial charge in [0.1, 0.15) is 0 Å². The topological polar surface area (TPSA) is 23.8 Å². The van der Waals surface area contributed by atoms with Gasteiger partial charge >= 0.3 is 0 Å². The predicted molar refractivity (Wildman–Crippen MR) is 266 cm³/mol. The van der Waals surface area contributed by atoms with Crippen LogP contribution >= 0.6 is 0 Å². The molecule has 0 aliphatic heterocycles. The molecule has 0 saturated heterocycles. The van der Waals surface area contributed by atoms with Gasteiger partial charge < -0.3 is 0 Å². The number of rotatable bonds is 6. The third-order valence-corrected chi connectivity index (χ3v) is 18.8. The Morgan fingerprint density at radius 1 is 0.452 bits per heavy atom. The Labute approximate surface area is 365 Å². The maximum atomic E-state index is 10.2. The van der Waals surface area contributed by atoms with E-state index in [9.17, 15) is 5.26 Å². The van der Waals surface area contributed by atoms with Crippen LogP contribution in [0.25, 0.3) is 65.7 Å². The van der Waals surface area contributed by atoms with Crippen molar-refractivity contribution in [2.45, 2.75) is 45.4 Å². The Bertz CT molecular complexity index is 3290. The molecule has 1 aliphatic carbocycles. The molecule has 2 heteroatoms. The van der Waals surface area contributed by atoms with E-state index >= 15 is 0 Å². The Hall–Kier alpha value is -7.05. The highest BCUT2D eigenvalue weighted by atomic mass is 28.3. The van der Waals surface area contributed by atoms with Crippen molar-refractivity contribution in [2.24, 2.45) is 0 Å². The first-order chi connectivity index (χ1) is 30.1. The number of nitriles is 1. The van der Waals surface area contributed by atoms with Crippen LogP contribution in [0.15, 0.2) is 194 Å². The van der Waals surface area contributed by atoms with E-state index in [4.69, 9.17) is 0 Å². The van der Waals surface area contributed by atoms with E-state index in [0.29, 0.717) is 5.56 Å². The summed E-state index contributed by atoms with van der Waals surface area (Å²) < 4.78 is 0. The first-order valence-corrected chi connectivity index (χ1v) is 23.8. The van der Waals surface area contributed by atoms with E-state index in [0.717, 1.165) is 11.1 Å². The molecule has 0 saturated carbocycles. The zero-order valence-electron chi connectivity index (χ0n) is 35.9. The first kappa shape index (κ1) is 37.9. The van der Waals surface area contributed by atoms with Gasteiger partial charge in [0.05, 0.1) is 11.6 Å². The summed E-state index contributed by atoms with van der Waals surface area (Å²) >= 11 is 0. The van der Waals surface area contributed by atoms with Crippen LogP contribution in [-0.4, -0.2) is 8.07 Å². The van der Waals surface area contributed by atoms with Gasteiger partial charge in [0.15, 0.2) is 8.07 Å². The molecule has 0 spiro atoms. The standard InChI is InChI=1S/C60H47NSi/c1-59(2,3)45-29-25-39(26-30-45)40-27-31-50-52-37-55(62(46-18-9-6-10-19-46,47-20-11-7-12-21-47)48-22-13-8-14-23-48)51-32-28-41-33-43(49-24-16-15-17-42(49)38-61)34-44-36-54(57(52)58(51)56(41)44)60(4,5)53(50)35-40/h6-37H,1-5H3. The number of hydrogen-bond donors (Lipinski definition) is 0. The molecule has 296 valence electrons. The Morgan fingerprint density at radius 2 is 1.03 bits per heavy atom. The molecule has 0 amide bonds. The van der Waals surface area contributed by atoms with Gasteiger partial charge in [-0.15, -0.1) is 0 Å². The van der Waals surface area contributed by atoms with Gasteiger partial charge in [0.2, 0.25) is 0 Å². The van der Waals surface area contributed by atoms with Crippen LogP contribution in [0.3, 0.4) is 0 Å². The van der Waals surface area contributed by atoms with Crippen LogP contribution in [0.4, 0.5) is 0 Å². The Balaban J connectivity index is 1.30. The highest BCUT2D eigenvalue weighted by Crippen LogP contribution is 2.53. The van der Waals surface area contributed by atoms with E-state index in [1.807, 2.05) is 18.2 Å². The predicted octanol–water partition coefficient (Wildman–Crippen LogP) is 12.8. The molecule has 0 N–H and O–H groups in total. The second-order valence-electron chi connectivity index (χ2n) is 18.8. The molecule has 11 rings (SSSR count). The molecule has 0 aromatic heterocycles. The summed E-state index contributed by atoms with van der Waals surface area (Å²) in [5.74, 6) is 0. The number of hydrogen-bond acceptors (Lipinski definition) is 1. The normalized spacial score (nSPS) is 13.4. The Morgan fingerprint density at radius 3 is 1.65 bits per heavy atom. The molecule has 1 aliphatic rings. The van der Waals surface area contributed by atoms with Gasteiger partial charge in [-0.1, -0.05) is 198 Å². The lowest BCUT2D eigenvalue weighted by Crippen LogP contribution is -2.75. The number of benzene rings is 10. The fraction of sp³-hybridized carbons (Fsp3) is 0.117. The quantitative estimate of drug-likeness (QED) is 0.0932. The maximum absolute atomic E-state index is 10.2. The summed E-state index contributed by atoms with van der Waals surface area (Å²) in [5.41, 5.74) is 11.6. The molecule has 0 bridgehead atoms. The first-order valence-electron chi connectivity index (χ1n) is 21.8. The third kappa shape index (κ3) is 5.58. The van der Waals surface area contributed by atoms with Crippen LogP contribution in [-0.2, 0) is 10.8 Å². The van der Waals surface area contributed by atoms with Crippen LogP contribution in [0.5, 0.6) is 0 Å². The fourth-order valence-electron chi connectivity index (χ4n) is 10.9. The average molecular weight is 810 g/mol. The van der Waals surface area contributed by atoms with Crippen molar-refractivity contribution in [3.05, 3.63) is 216 Å². The number of fused-ring (bicyclic) bond motifs is 2. The van der Waals surface area contributed by atoms with Crippen LogP contribution < -0.4 is 20.7 Å². The third-order valence-electron chi connectivity index (χ3n) is 13.9. The van der Waals surface area contributed by atoms with E-state index in [1.165, 1.54) is 92.0 Å². The van der Waals surface area contributed by atoms with Crippen molar-refractivity contribution in [1.82, 2.24) is 0 Å². The van der Waals surface area contributed by atoms with Crippen LogP contribution in [0, 0.1) is 11.3 Å². The minimum Gasteiger partial charge on any atom is -0.192 e. The summed E-state index contributed by atoms with van der Waals surface area (Å²) in [5, 5.41) is 23.4. The Kier molecular flexibility index (Phi) is 8.56. The van der Waals surface area contributed by atoms with E-state index in [1.54, 1.807) is 0 Å². The molecular weight excluding hydrogens is 763 g/mol. The molecule has 10 aromatic carbocycles. The zero-order chi connectivity index (χ0) is 42.4. The van der Waals surface area contributed by atoms with Gasteiger partial charge in [-0.3, -0.25) is 0 Å². The molecule has 0 heterocycles. The molecule has 0 fully saturated rings. The van der Waals surface area contributed by atoms with E-state index in [2.05, 4.69) is 217 Å². The largest absolute Gasteiger partial charge is 0.192 e. The molecule has 62 heavy (non-hydrogen) atoms. The smallest absolute Gasteiger partial charge is 0.180 e. The van der Waals surface area contributed by atoms with Gasteiger partial charge in [-0.05, 0) is 139 Å². The summed E-state index contributed by atoms with van der Waals surface area (Å²) in [7, 11) is -2.99. The van der Waals surface area contributed by atoms with Gasteiger partial charge in [0, 0.05) is 5.41 Å². The molecule has 1 nitrogen and oxygen atoms in total. The molecule has 0 unspecified atom stereocenters. The van der Waals surface area contributed by atoms with Crippen molar-refractivity contribution in [3.8, 4) is 39.4 Å². The lowest BCUT2D eigenvalue weighted by Gasteiger charge is -2.40. The van der Waals surface area contributed by atoms with E-state index < -0.39 is 8.07 Å². The molecule has 0 atom stereocenters. The van der Waals surface area contributed by atoms with Crippen molar-refractivity contribution >= 4 is 61.1 Å². The summed E-state index contributed by atoms with van der Waals surface area (Å²) in [6.07, 6.45) is 0. The fourth-order valence-corrected chi connectivity index (χ4v) is 15.8. The molecule has 0 radical (unpaired) electrons. The van der Waals surface area contributed by atoms with E-state index in [-0.39, 0.29) is 10.8 Å².